The van der Waals surface area contributed by atoms with Crippen molar-refractivity contribution in [3.8, 4) is 0 Å². The van der Waals surface area contributed by atoms with Gasteiger partial charge in [-0.15, -0.1) is 0 Å². The highest BCUT2D eigenvalue weighted by Crippen LogP contribution is 2.49. The molecule has 1 spiro atoms. The molecule has 1 saturated carbocycles. The minimum atomic E-state index is 0.115. The summed E-state index contributed by atoms with van der Waals surface area (Å²) in [5.74, 6) is 1.96. The molecule has 2 fully saturated rings. The summed E-state index contributed by atoms with van der Waals surface area (Å²) in [5, 5.41) is 0. The van der Waals surface area contributed by atoms with Gasteiger partial charge in [0.2, 0.25) is 5.91 Å². The van der Waals surface area contributed by atoms with Crippen LogP contribution in [0.4, 0.5) is 0 Å². The molecule has 2 heterocycles. The van der Waals surface area contributed by atoms with Crippen molar-refractivity contribution in [1.29, 1.82) is 0 Å². The van der Waals surface area contributed by atoms with Crippen molar-refractivity contribution in [2.24, 2.45) is 5.92 Å². The number of hydrogen-bond acceptors (Lipinski definition) is 3. The van der Waals surface area contributed by atoms with E-state index in [1.54, 1.807) is 0 Å². The predicted octanol–water partition coefficient (Wildman–Crippen LogP) is 5.03. The second-order valence-electron chi connectivity index (χ2n) is 8.29. The average Bonchev–Trinajstić information content (AvgIpc) is 2.86. The third-order valence-electron chi connectivity index (χ3n) is 6.50. The summed E-state index contributed by atoms with van der Waals surface area (Å²) in [4.78, 5) is 19.8. The van der Waals surface area contributed by atoms with Gasteiger partial charge >= 0.3 is 0 Å². The Balaban J connectivity index is 1.51. The van der Waals surface area contributed by atoms with E-state index in [9.17, 15) is 4.79 Å². The number of nitrogens with zero attached hydrogens (tertiary/aromatic N) is 2. The van der Waals surface area contributed by atoms with E-state index in [1.165, 1.54) is 36.8 Å². The van der Waals surface area contributed by atoms with E-state index in [0.717, 1.165) is 24.4 Å². The zero-order valence-electron chi connectivity index (χ0n) is 16.8. The molecule has 2 atom stereocenters. The number of amides is 1. The molecule has 28 heavy (non-hydrogen) atoms. The van der Waals surface area contributed by atoms with Crippen LogP contribution in [0.5, 0.6) is 0 Å². The van der Waals surface area contributed by atoms with Crippen LogP contribution in [0.2, 0.25) is 0 Å². The SMILES string of the molecule is Cc1ncccc1CN1CCS[C@@]2(CCCC[C@H]2Cc2ccccc2)CC1=O. The third kappa shape index (κ3) is 4.27. The van der Waals surface area contributed by atoms with E-state index >= 15 is 0 Å². The Kier molecular flexibility index (Phi) is 6.05. The van der Waals surface area contributed by atoms with Crippen molar-refractivity contribution in [2.45, 2.75) is 56.7 Å². The molecular weight excluding hydrogens is 364 g/mol. The molecule has 1 aromatic carbocycles. The van der Waals surface area contributed by atoms with E-state index in [0.29, 0.717) is 24.8 Å². The van der Waals surface area contributed by atoms with Crippen molar-refractivity contribution < 1.29 is 4.79 Å². The number of aromatic nitrogens is 1. The highest BCUT2D eigenvalue weighted by Gasteiger charge is 2.44. The average molecular weight is 395 g/mol. The van der Waals surface area contributed by atoms with Gasteiger partial charge in [-0.3, -0.25) is 9.78 Å². The highest BCUT2D eigenvalue weighted by molar-refractivity contribution is 8.00. The van der Waals surface area contributed by atoms with Crippen LogP contribution in [-0.2, 0) is 17.8 Å². The predicted molar refractivity (Wildman–Crippen MR) is 116 cm³/mol. The first-order chi connectivity index (χ1) is 13.7. The standard InChI is InChI=1S/C24H30N2OS/c1-19-21(10-7-13-25-19)18-26-14-15-28-24(17-23(26)27)12-6-5-11-22(24)16-20-8-3-2-4-9-20/h2-4,7-10,13,22H,5-6,11-12,14-18H2,1H3/t22-,24-/m0/s1. The molecular formula is C24H30N2OS. The summed E-state index contributed by atoms with van der Waals surface area (Å²) >= 11 is 2.08. The Morgan fingerprint density at radius 2 is 2.04 bits per heavy atom. The first kappa shape index (κ1) is 19.5. The summed E-state index contributed by atoms with van der Waals surface area (Å²) in [6, 6.07) is 14.9. The topological polar surface area (TPSA) is 33.2 Å². The van der Waals surface area contributed by atoms with Gasteiger partial charge in [-0.1, -0.05) is 49.2 Å². The van der Waals surface area contributed by atoms with Crippen LogP contribution in [0.3, 0.4) is 0 Å². The van der Waals surface area contributed by atoms with Crippen LogP contribution >= 0.6 is 11.8 Å². The zero-order valence-corrected chi connectivity index (χ0v) is 17.6. The largest absolute Gasteiger partial charge is 0.337 e. The summed E-state index contributed by atoms with van der Waals surface area (Å²) in [5.41, 5.74) is 3.61. The van der Waals surface area contributed by atoms with Gasteiger partial charge in [0.05, 0.1) is 0 Å². The molecule has 148 valence electrons. The number of carbonyl (C=O) groups excluding carboxylic acids is 1. The normalized spacial score (nSPS) is 25.7. The zero-order chi connectivity index (χ0) is 19.4. The third-order valence-corrected chi connectivity index (χ3v) is 8.15. The fraction of sp³-hybridized carbons (Fsp3) is 0.500. The van der Waals surface area contributed by atoms with Crippen LogP contribution in [0.15, 0.2) is 48.7 Å². The van der Waals surface area contributed by atoms with E-state index in [-0.39, 0.29) is 4.75 Å². The molecule has 1 aliphatic heterocycles. The maximum absolute atomic E-state index is 13.3. The molecule has 2 aliphatic rings. The summed E-state index contributed by atoms with van der Waals surface area (Å²) in [6.07, 6.45) is 8.60. The second kappa shape index (κ2) is 8.69. The number of benzene rings is 1. The highest BCUT2D eigenvalue weighted by atomic mass is 32.2. The Bertz CT molecular complexity index is 809. The van der Waals surface area contributed by atoms with Gasteiger partial charge in [0.1, 0.15) is 0 Å². The lowest BCUT2D eigenvalue weighted by Gasteiger charge is -2.43. The molecule has 2 aromatic rings. The monoisotopic (exact) mass is 394 g/mol. The quantitative estimate of drug-likeness (QED) is 0.729. The molecule has 0 bridgehead atoms. The van der Waals surface area contributed by atoms with Crippen molar-refractivity contribution in [3.63, 3.8) is 0 Å². The van der Waals surface area contributed by atoms with Gasteiger partial charge < -0.3 is 4.90 Å². The van der Waals surface area contributed by atoms with Crippen molar-refractivity contribution in [2.75, 3.05) is 12.3 Å². The van der Waals surface area contributed by atoms with Crippen molar-refractivity contribution in [3.05, 3.63) is 65.5 Å². The molecule has 0 N–H and O–H groups in total. The molecule has 4 heteroatoms. The Labute approximate surface area is 172 Å². The fourth-order valence-electron chi connectivity index (χ4n) is 4.85. The minimum Gasteiger partial charge on any atom is -0.337 e. The van der Waals surface area contributed by atoms with E-state index < -0.39 is 0 Å². The first-order valence-corrected chi connectivity index (χ1v) is 11.5. The number of rotatable bonds is 4. The van der Waals surface area contributed by atoms with Gasteiger partial charge in [-0.25, -0.2) is 0 Å². The maximum atomic E-state index is 13.3. The van der Waals surface area contributed by atoms with Crippen LogP contribution < -0.4 is 0 Å². The number of hydrogen-bond donors (Lipinski definition) is 0. The lowest BCUT2D eigenvalue weighted by atomic mass is 9.73. The smallest absolute Gasteiger partial charge is 0.224 e. The van der Waals surface area contributed by atoms with E-state index in [1.807, 2.05) is 19.2 Å². The number of carbonyl (C=O) groups is 1. The van der Waals surface area contributed by atoms with Crippen LogP contribution in [0.25, 0.3) is 0 Å². The van der Waals surface area contributed by atoms with E-state index in [2.05, 4.69) is 58.0 Å². The van der Waals surface area contributed by atoms with Crippen molar-refractivity contribution >= 4 is 17.7 Å². The van der Waals surface area contributed by atoms with Crippen LogP contribution in [-0.4, -0.2) is 32.8 Å². The number of thioether (sulfide) groups is 1. The molecule has 1 saturated heterocycles. The molecule has 1 aliphatic carbocycles. The summed E-state index contributed by atoms with van der Waals surface area (Å²) < 4.78 is 0.115. The molecule has 1 amide bonds. The lowest BCUT2D eigenvalue weighted by molar-refractivity contribution is -0.132. The fourth-order valence-corrected chi connectivity index (χ4v) is 6.52. The molecule has 0 radical (unpaired) electrons. The van der Waals surface area contributed by atoms with E-state index in [4.69, 9.17) is 0 Å². The van der Waals surface area contributed by atoms with Crippen LogP contribution in [0, 0.1) is 12.8 Å². The van der Waals surface area contributed by atoms with Gasteiger partial charge in [-0.2, -0.15) is 11.8 Å². The van der Waals surface area contributed by atoms with Gasteiger partial charge in [0.15, 0.2) is 0 Å². The molecule has 1 aromatic heterocycles. The van der Waals surface area contributed by atoms with Gasteiger partial charge in [0, 0.05) is 41.9 Å². The summed E-state index contributed by atoms with van der Waals surface area (Å²) in [6.45, 7) is 3.57. The van der Waals surface area contributed by atoms with Crippen molar-refractivity contribution in [1.82, 2.24) is 9.88 Å². The molecule has 0 unspecified atom stereocenters. The Hall–Kier alpha value is -1.81. The molecule has 3 nitrogen and oxygen atoms in total. The Morgan fingerprint density at radius 1 is 1.18 bits per heavy atom. The number of pyridine rings is 1. The first-order valence-electron chi connectivity index (χ1n) is 10.5. The number of aryl methyl sites for hydroxylation is 1. The lowest BCUT2D eigenvalue weighted by Crippen LogP contribution is -2.42. The second-order valence-corrected chi connectivity index (χ2v) is 9.80. The minimum absolute atomic E-state index is 0.115. The van der Waals surface area contributed by atoms with Crippen LogP contribution in [0.1, 0.15) is 48.9 Å². The maximum Gasteiger partial charge on any atom is 0.224 e. The molecule has 4 rings (SSSR count). The van der Waals surface area contributed by atoms with Gasteiger partial charge in [0.25, 0.3) is 0 Å². The van der Waals surface area contributed by atoms with Gasteiger partial charge in [-0.05, 0) is 49.3 Å². The Morgan fingerprint density at radius 3 is 2.86 bits per heavy atom. The summed E-state index contributed by atoms with van der Waals surface area (Å²) in [7, 11) is 0.